The number of rotatable bonds is 5. The van der Waals surface area contributed by atoms with Crippen LogP contribution in [0.3, 0.4) is 0 Å². The highest BCUT2D eigenvalue weighted by Crippen LogP contribution is 2.28. The lowest BCUT2D eigenvalue weighted by molar-refractivity contribution is 0.272. The maximum absolute atomic E-state index is 9.06. The van der Waals surface area contributed by atoms with Crippen LogP contribution in [0.4, 0.5) is 0 Å². The number of aliphatic hydroxyl groups excluding tert-OH is 1. The molecule has 1 aromatic heterocycles. The van der Waals surface area contributed by atoms with Gasteiger partial charge in [-0.15, -0.1) is 5.10 Å². The maximum Gasteiger partial charge on any atom is 0.161 e. The predicted octanol–water partition coefficient (Wildman–Crippen LogP) is 2.21. The fourth-order valence-electron chi connectivity index (χ4n) is 1.50. The van der Waals surface area contributed by atoms with Gasteiger partial charge >= 0.3 is 0 Å². The van der Waals surface area contributed by atoms with Crippen molar-refractivity contribution in [1.29, 1.82) is 0 Å². The Hall–Kier alpha value is -1.85. The number of ether oxygens (including phenoxy) is 2. The van der Waals surface area contributed by atoms with Crippen LogP contribution < -0.4 is 9.47 Å². The third kappa shape index (κ3) is 3.56. The third-order valence-corrected chi connectivity index (χ3v) is 2.67. The van der Waals surface area contributed by atoms with E-state index in [1.165, 1.54) is 0 Å². The molecule has 100 valence electrons. The Morgan fingerprint density at radius 2 is 2.00 bits per heavy atom. The highest BCUT2D eigenvalue weighted by atomic mass is 35.5. The Labute approximate surface area is 115 Å². The molecule has 0 aliphatic carbocycles. The van der Waals surface area contributed by atoms with Gasteiger partial charge in [-0.25, -0.2) is 0 Å². The maximum atomic E-state index is 9.06. The van der Waals surface area contributed by atoms with Gasteiger partial charge in [-0.05, 0) is 29.8 Å². The minimum absolute atomic E-state index is 0.0424. The fraction of sp³-hybridized carbons (Fsp3) is 0.231. The van der Waals surface area contributed by atoms with Crippen LogP contribution in [0.2, 0.25) is 5.15 Å². The van der Waals surface area contributed by atoms with Crippen LogP contribution in [0.1, 0.15) is 11.3 Å². The Kier molecular flexibility index (Phi) is 4.54. The molecule has 0 aliphatic rings. The van der Waals surface area contributed by atoms with Crippen LogP contribution in [0.15, 0.2) is 30.3 Å². The first kappa shape index (κ1) is 13.6. The van der Waals surface area contributed by atoms with Crippen molar-refractivity contribution in [2.75, 3.05) is 7.11 Å². The second kappa shape index (κ2) is 6.36. The average molecular weight is 281 g/mol. The van der Waals surface area contributed by atoms with Gasteiger partial charge in [0.05, 0.1) is 13.7 Å². The molecule has 0 unspecified atom stereocenters. The number of aliphatic hydroxyl groups is 1. The minimum Gasteiger partial charge on any atom is -0.493 e. The summed E-state index contributed by atoms with van der Waals surface area (Å²) >= 11 is 5.65. The van der Waals surface area contributed by atoms with Gasteiger partial charge in [-0.3, -0.25) is 0 Å². The SMILES string of the molecule is COc1cc(CO)ccc1OCc1ccc(Cl)nn1. The van der Waals surface area contributed by atoms with Gasteiger partial charge in [-0.1, -0.05) is 17.7 Å². The van der Waals surface area contributed by atoms with E-state index in [-0.39, 0.29) is 13.2 Å². The van der Waals surface area contributed by atoms with Crippen molar-refractivity contribution in [3.05, 3.63) is 46.7 Å². The van der Waals surface area contributed by atoms with Crippen molar-refractivity contribution in [2.45, 2.75) is 13.2 Å². The zero-order valence-corrected chi connectivity index (χ0v) is 11.1. The van der Waals surface area contributed by atoms with E-state index >= 15 is 0 Å². The number of aromatic nitrogens is 2. The molecule has 5 nitrogen and oxygen atoms in total. The van der Waals surface area contributed by atoms with E-state index in [0.29, 0.717) is 22.3 Å². The highest BCUT2D eigenvalue weighted by molar-refractivity contribution is 6.29. The molecule has 2 rings (SSSR count). The third-order valence-electron chi connectivity index (χ3n) is 2.47. The van der Waals surface area contributed by atoms with Crippen molar-refractivity contribution in [2.24, 2.45) is 0 Å². The quantitative estimate of drug-likeness (QED) is 0.910. The number of benzene rings is 1. The van der Waals surface area contributed by atoms with E-state index in [2.05, 4.69) is 10.2 Å². The van der Waals surface area contributed by atoms with E-state index in [9.17, 15) is 0 Å². The molecule has 0 saturated carbocycles. The molecule has 1 aromatic carbocycles. The minimum atomic E-state index is -0.0424. The summed E-state index contributed by atoms with van der Waals surface area (Å²) in [7, 11) is 1.55. The fourth-order valence-corrected chi connectivity index (χ4v) is 1.60. The normalized spacial score (nSPS) is 10.3. The largest absolute Gasteiger partial charge is 0.493 e. The molecule has 19 heavy (non-hydrogen) atoms. The lowest BCUT2D eigenvalue weighted by atomic mass is 10.2. The summed E-state index contributed by atoms with van der Waals surface area (Å²) in [6.07, 6.45) is 0. The Morgan fingerprint density at radius 3 is 2.63 bits per heavy atom. The lowest BCUT2D eigenvalue weighted by Gasteiger charge is -2.11. The van der Waals surface area contributed by atoms with Gasteiger partial charge in [0, 0.05) is 0 Å². The second-order valence-corrected chi connectivity index (χ2v) is 4.17. The molecular weight excluding hydrogens is 268 g/mol. The Balaban J connectivity index is 2.08. The molecule has 6 heteroatoms. The first-order valence-corrected chi connectivity index (χ1v) is 5.99. The summed E-state index contributed by atoms with van der Waals surface area (Å²) in [5.41, 5.74) is 1.42. The van der Waals surface area contributed by atoms with Crippen molar-refractivity contribution < 1.29 is 14.6 Å². The molecule has 2 aromatic rings. The number of methoxy groups -OCH3 is 1. The molecule has 0 bridgehead atoms. The molecule has 0 saturated heterocycles. The monoisotopic (exact) mass is 280 g/mol. The molecule has 0 atom stereocenters. The summed E-state index contributed by atoms with van der Waals surface area (Å²) < 4.78 is 10.8. The average Bonchev–Trinajstić information content (AvgIpc) is 2.46. The van der Waals surface area contributed by atoms with Crippen molar-refractivity contribution in [3.8, 4) is 11.5 Å². The first-order chi connectivity index (χ1) is 9.22. The summed E-state index contributed by atoms with van der Waals surface area (Å²) in [6.45, 7) is 0.221. The molecule has 0 aliphatic heterocycles. The van der Waals surface area contributed by atoms with Crippen LogP contribution in [-0.4, -0.2) is 22.4 Å². The van der Waals surface area contributed by atoms with Crippen LogP contribution in [0.5, 0.6) is 11.5 Å². The van der Waals surface area contributed by atoms with Crippen LogP contribution in [-0.2, 0) is 13.2 Å². The van der Waals surface area contributed by atoms with Gasteiger partial charge in [0.15, 0.2) is 16.7 Å². The summed E-state index contributed by atoms with van der Waals surface area (Å²) in [4.78, 5) is 0. The Bertz CT molecular complexity index is 546. The second-order valence-electron chi connectivity index (χ2n) is 3.78. The number of halogens is 1. The van der Waals surface area contributed by atoms with Crippen LogP contribution >= 0.6 is 11.6 Å². The van der Waals surface area contributed by atoms with Crippen molar-refractivity contribution >= 4 is 11.6 Å². The molecule has 0 spiro atoms. The van der Waals surface area contributed by atoms with Gasteiger partial charge in [0.25, 0.3) is 0 Å². The molecule has 1 heterocycles. The summed E-state index contributed by atoms with van der Waals surface area (Å²) in [5.74, 6) is 1.14. The standard InChI is InChI=1S/C13H13ClN2O3/c1-18-12-6-9(7-17)2-4-11(12)19-8-10-3-5-13(14)16-15-10/h2-6,17H,7-8H2,1H3. The predicted molar refractivity (Wildman–Crippen MR) is 70.3 cm³/mol. The van der Waals surface area contributed by atoms with E-state index < -0.39 is 0 Å². The number of hydrogen-bond acceptors (Lipinski definition) is 5. The molecular formula is C13H13ClN2O3. The van der Waals surface area contributed by atoms with Gasteiger partial charge < -0.3 is 14.6 Å². The zero-order chi connectivity index (χ0) is 13.7. The molecule has 0 amide bonds. The number of nitrogens with zero attached hydrogens (tertiary/aromatic N) is 2. The van der Waals surface area contributed by atoms with E-state index in [0.717, 1.165) is 5.56 Å². The lowest BCUT2D eigenvalue weighted by Crippen LogP contribution is -2.01. The summed E-state index contributed by atoms with van der Waals surface area (Å²) in [5, 5.41) is 17.0. The van der Waals surface area contributed by atoms with Gasteiger partial charge in [-0.2, -0.15) is 5.10 Å². The smallest absolute Gasteiger partial charge is 0.161 e. The van der Waals surface area contributed by atoms with Gasteiger partial charge in [0.1, 0.15) is 12.3 Å². The van der Waals surface area contributed by atoms with Crippen LogP contribution in [0.25, 0.3) is 0 Å². The summed E-state index contributed by atoms with van der Waals surface area (Å²) in [6, 6.07) is 8.63. The Morgan fingerprint density at radius 1 is 1.16 bits per heavy atom. The molecule has 0 radical (unpaired) electrons. The van der Waals surface area contributed by atoms with Crippen molar-refractivity contribution in [3.63, 3.8) is 0 Å². The van der Waals surface area contributed by atoms with Gasteiger partial charge in [0.2, 0.25) is 0 Å². The van der Waals surface area contributed by atoms with E-state index in [4.69, 9.17) is 26.2 Å². The first-order valence-electron chi connectivity index (χ1n) is 5.61. The number of hydrogen-bond donors (Lipinski definition) is 1. The van der Waals surface area contributed by atoms with Crippen LogP contribution in [0, 0.1) is 0 Å². The molecule has 1 N–H and O–H groups in total. The highest BCUT2D eigenvalue weighted by Gasteiger charge is 2.06. The van der Waals surface area contributed by atoms with E-state index in [1.54, 1.807) is 37.4 Å². The topological polar surface area (TPSA) is 64.5 Å². The van der Waals surface area contributed by atoms with E-state index in [1.807, 2.05) is 0 Å². The van der Waals surface area contributed by atoms with Crippen molar-refractivity contribution in [1.82, 2.24) is 10.2 Å². The zero-order valence-electron chi connectivity index (χ0n) is 10.3. The molecule has 0 fully saturated rings.